The van der Waals surface area contributed by atoms with Crippen molar-refractivity contribution in [3.8, 4) is 0 Å². The van der Waals surface area contributed by atoms with E-state index in [9.17, 15) is 22.8 Å². The zero-order valence-electron chi connectivity index (χ0n) is 10.5. The Labute approximate surface area is 108 Å². The number of hydrogen-bond acceptors (Lipinski definition) is 2. The fraction of sp³-hybridized carbons (Fsp3) is 0.385. The largest absolute Gasteiger partial charge is 0.326 e. The first kappa shape index (κ1) is 13.6. The third-order valence-corrected chi connectivity index (χ3v) is 3.43. The van der Waals surface area contributed by atoms with Crippen LogP contribution in [0.2, 0.25) is 0 Å². The summed E-state index contributed by atoms with van der Waals surface area (Å²) in [6.45, 7) is 3.22. The van der Waals surface area contributed by atoms with Gasteiger partial charge in [0.05, 0.1) is 11.1 Å². The highest BCUT2D eigenvalue weighted by Gasteiger charge is 2.43. The number of carbonyl (C=O) groups excluding carboxylic acids is 2. The van der Waals surface area contributed by atoms with Gasteiger partial charge in [0.1, 0.15) is 0 Å². The van der Waals surface area contributed by atoms with Gasteiger partial charge in [-0.3, -0.25) is 9.59 Å². The number of benzene rings is 1. The molecule has 1 heterocycles. The normalized spacial score (nSPS) is 17.9. The molecule has 0 bridgehead atoms. The van der Waals surface area contributed by atoms with Gasteiger partial charge in [-0.2, -0.15) is 0 Å². The number of rotatable bonds is 1. The van der Waals surface area contributed by atoms with Crippen molar-refractivity contribution in [3.63, 3.8) is 0 Å². The van der Waals surface area contributed by atoms with Crippen LogP contribution < -0.4 is 0 Å². The Morgan fingerprint density at radius 2 is 1.84 bits per heavy atom. The quantitative estimate of drug-likeness (QED) is 0.735. The fourth-order valence-corrected chi connectivity index (χ4v) is 2.14. The number of amides is 1. The summed E-state index contributed by atoms with van der Waals surface area (Å²) in [5, 5.41) is 0. The van der Waals surface area contributed by atoms with E-state index in [1.165, 1.54) is 18.7 Å². The van der Waals surface area contributed by atoms with E-state index in [-0.39, 0.29) is 18.7 Å². The number of Topliss-reactive ketones (excluding diaryl/α,β-unsaturated/α-hetero) is 1. The van der Waals surface area contributed by atoms with Gasteiger partial charge < -0.3 is 4.90 Å². The van der Waals surface area contributed by atoms with E-state index in [2.05, 4.69) is 0 Å². The number of likely N-dealkylation sites (tertiary alicyclic amines) is 1. The Hall–Kier alpha value is -1.85. The van der Waals surface area contributed by atoms with Crippen molar-refractivity contribution in [2.24, 2.45) is 0 Å². The average Bonchev–Trinajstić information content (AvgIpc) is 2.61. The fourth-order valence-electron chi connectivity index (χ4n) is 2.14. The predicted molar refractivity (Wildman–Crippen MR) is 61.1 cm³/mol. The maximum absolute atomic E-state index is 13.6. The van der Waals surface area contributed by atoms with Crippen LogP contribution in [0.4, 0.5) is 13.2 Å². The Bertz CT molecular complexity index is 569. The molecule has 1 saturated heterocycles. The summed E-state index contributed by atoms with van der Waals surface area (Å²) in [5.74, 6) is -5.53. The molecule has 0 spiro atoms. The van der Waals surface area contributed by atoms with Crippen LogP contribution in [0.1, 0.15) is 30.6 Å². The molecular weight excluding hydrogens is 259 g/mol. The second kappa shape index (κ2) is 4.36. The lowest BCUT2D eigenvalue weighted by Gasteiger charge is -2.30. The van der Waals surface area contributed by atoms with Gasteiger partial charge >= 0.3 is 0 Å². The van der Waals surface area contributed by atoms with Gasteiger partial charge in [0.15, 0.2) is 23.2 Å². The van der Waals surface area contributed by atoms with Crippen LogP contribution in [0.15, 0.2) is 12.1 Å². The van der Waals surface area contributed by atoms with Crippen LogP contribution >= 0.6 is 0 Å². The predicted octanol–water partition coefficient (Wildman–Crippen LogP) is 2.30. The van der Waals surface area contributed by atoms with Gasteiger partial charge in [-0.1, -0.05) is 0 Å². The number of ketones is 1. The minimum atomic E-state index is -1.69. The smallest absolute Gasteiger partial charge is 0.257 e. The van der Waals surface area contributed by atoms with E-state index in [0.717, 1.165) is 6.07 Å². The number of carbonyl (C=O) groups is 2. The first-order valence-corrected chi connectivity index (χ1v) is 5.75. The molecule has 0 N–H and O–H groups in total. The van der Waals surface area contributed by atoms with E-state index in [1.54, 1.807) is 0 Å². The third kappa shape index (κ3) is 2.01. The van der Waals surface area contributed by atoms with Crippen molar-refractivity contribution in [3.05, 3.63) is 35.1 Å². The molecule has 1 amide bonds. The second-order valence-corrected chi connectivity index (χ2v) is 4.91. The van der Waals surface area contributed by atoms with Gasteiger partial charge in [0.2, 0.25) is 0 Å². The van der Waals surface area contributed by atoms with Gasteiger partial charge in [0.25, 0.3) is 5.91 Å². The summed E-state index contributed by atoms with van der Waals surface area (Å²) >= 11 is 0. The SMILES string of the molecule is CC1(C)C(=O)CCN1C(=O)c1ccc(F)c(F)c1F. The third-order valence-electron chi connectivity index (χ3n) is 3.43. The van der Waals surface area contributed by atoms with Crippen LogP contribution in [0, 0.1) is 17.5 Å². The number of nitrogens with zero attached hydrogens (tertiary/aromatic N) is 1. The molecule has 0 radical (unpaired) electrons. The van der Waals surface area contributed by atoms with E-state index in [0.29, 0.717) is 6.07 Å². The summed E-state index contributed by atoms with van der Waals surface area (Å²) in [6, 6.07) is 1.57. The van der Waals surface area contributed by atoms with Crippen molar-refractivity contribution in [1.29, 1.82) is 0 Å². The molecule has 102 valence electrons. The molecule has 0 aromatic heterocycles. The van der Waals surface area contributed by atoms with E-state index in [4.69, 9.17) is 0 Å². The Balaban J connectivity index is 2.41. The molecule has 3 nitrogen and oxygen atoms in total. The van der Waals surface area contributed by atoms with Gasteiger partial charge in [-0.05, 0) is 26.0 Å². The maximum Gasteiger partial charge on any atom is 0.257 e. The minimum Gasteiger partial charge on any atom is -0.326 e. The minimum absolute atomic E-state index is 0.142. The van der Waals surface area contributed by atoms with Crippen molar-refractivity contribution in [1.82, 2.24) is 4.90 Å². The van der Waals surface area contributed by atoms with Gasteiger partial charge in [0, 0.05) is 13.0 Å². The Morgan fingerprint density at radius 1 is 1.21 bits per heavy atom. The van der Waals surface area contributed by atoms with Crippen LogP contribution in [0.3, 0.4) is 0 Å². The van der Waals surface area contributed by atoms with Crippen LogP contribution in [0.5, 0.6) is 0 Å². The second-order valence-electron chi connectivity index (χ2n) is 4.91. The summed E-state index contributed by atoms with van der Waals surface area (Å²) in [6.07, 6.45) is 0.171. The van der Waals surface area contributed by atoms with Crippen LogP contribution in [-0.2, 0) is 4.79 Å². The van der Waals surface area contributed by atoms with Gasteiger partial charge in [-0.25, -0.2) is 13.2 Å². The molecule has 1 fully saturated rings. The maximum atomic E-state index is 13.6. The Morgan fingerprint density at radius 3 is 2.37 bits per heavy atom. The average molecular weight is 271 g/mol. The van der Waals surface area contributed by atoms with E-state index < -0.39 is 34.5 Å². The monoisotopic (exact) mass is 271 g/mol. The molecule has 1 aliphatic heterocycles. The highest BCUT2D eigenvalue weighted by Crippen LogP contribution is 2.28. The summed E-state index contributed by atoms with van der Waals surface area (Å²) < 4.78 is 39.5. The molecule has 0 unspecified atom stereocenters. The standard InChI is InChI=1S/C13H12F3NO2/c1-13(2)9(18)5-6-17(13)12(19)7-3-4-8(14)11(16)10(7)15/h3-4H,5-6H2,1-2H3. The van der Waals surface area contributed by atoms with Crippen molar-refractivity contribution in [2.75, 3.05) is 6.54 Å². The molecule has 0 atom stereocenters. The van der Waals surface area contributed by atoms with E-state index in [1.807, 2.05) is 0 Å². The summed E-state index contributed by atoms with van der Waals surface area (Å²) in [7, 11) is 0. The summed E-state index contributed by atoms with van der Waals surface area (Å²) in [4.78, 5) is 24.9. The molecule has 2 rings (SSSR count). The molecule has 0 saturated carbocycles. The molecule has 19 heavy (non-hydrogen) atoms. The molecule has 6 heteroatoms. The zero-order chi connectivity index (χ0) is 14.4. The van der Waals surface area contributed by atoms with Crippen molar-refractivity contribution in [2.45, 2.75) is 25.8 Å². The highest BCUT2D eigenvalue weighted by atomic mass is 19.2. The molecule has 1 aromatic carbocycles. The first-order valence-electron chi connectivity index (χ1n) is 5.75. The molecule has 1 aromatic rings. The van der Waals surface area contributed by atoms with Gasteiger partial charge in [-0.15, -0.1) is 0 Å². The van der Waals surface area contributed by atoms with Crippen LogP contribution in [0.25, 0.3) is 0 Å². The van der Waals surface area contributed by atoms with Crippen molar-refractivity contribution >= 4 is 11.7 Å². The van der Waals surface area contributed by atoms with Crippen LogP contribution in [-0.4, -0.2) is 28.7 Å². The number of halogens is 3. The Kier molecular flexibility index (Phi) is 3.12. The zero-order valence-corrected chi connectivity index (χ0v) is 10.5. The topological polar surface area (TPSA) is 37.4 Å². The lowest BCUT2D eigenvalue weighted by molar-refractivity contribution is -0.123. The first-order chi connectivity index (χ1) is 8.76. The molecule has 1 aliphatic rings. The number of hydrogen-bond donors (Lipinski definition) is 0. The van der Waals surface area contributed by atoms with Crippen molar-refractivity contribution < 1.29 is 22.8 Å². The summed E-state index contributed by atoms with van der Waals surface area (Å²) in [5.41, 5.74) is -1.63. The molecule has 0 aliphatic carbocycles. The highest BCUT2D eigenvalue weighted by molar-refractivity contribution is 6.01. The van der Waals surface area contributed by atoms with E-state index >= 15 is 0 Å². The lowest BCUT2D eigenvalue weighted by Crippen LogP contribution is -2.46. The lowest BCUT2D eigenvalue weighted by atomic mass is 9.99. The molecular formula is C13H12F3NO2.